The summed E-state index contributed by atoms with van der Waals surface area (Å²) >= 11 is 0. The smallest absolute Gasteiger partial charge is 0.248 e. The van der Waals surface area contributed by atoms with Crippen molar-refractivity contribution in [1.82, 2.24) is 10.3 Å². The molecule has 0 fully saturated rings. The first-order valence-electron chi connectivity index (χ1n) is 4.52. The molecule has 0 aliphatic rings. The highest BCUT2D eigenvalue weighted by Crippen LogP contribution is 1.99. The van der Waals surface area contributed by atoms with Crippen molar-refractivity contribution in [3.8, 4) is 11.8 Å². The Balaban J connectivity index is 2.72. The van der Waals surface area contributed by atoms with Crippen LogP contribution in [0.25, 0.3) is 0 Å². The lowest BCUT2D eigenvalue weighted by molar-refractivity contribution is -0.118. The van der Waals surface area contributed by atoms with Gasteiger partial charge < -0.3 is 10.3 Å². The van der Waals surface area contributed by atoms with Crippen LogP contribution in [0.2, 0.25) is 0 Å². The zero-order chi connectivity index (χ0) is 11.3. The second kappa shape index (κ2) is 5.01. The number of pyridine rings is 1. The number of aryl methyl sites for hydroxylation is 1. The van der Waals surface area contributed by atoms with Gasteiger partial charge in [-0.2, -0.15) is 0 Å². The van der Waals surface area contributed by atoms with Crippen molar-refractivity contribution in [1.29, 1.82) is 0 Å². The number of rotatable bonds is 1. The second-order valence-electron chi connectivity index (χ2n) is 3.11. The van der Waals surface area contributed by atoms with Gasteiger partial charge in [-0.05, 0) is 12.5 Å². The van der Waals surface area contributed by atoms with Crippen LogP contribution in [-0.2, 0) is 4.79 Å². The summed E-state index contributed by atoms with van der Waals surface area (Å²) in [5.41, 5.74) is 1.45. The van der Waals surface area contributed by atoms with Gasteiger partial charge in [0.15, 0.2) is 0 Å². The molecule has 1 amide bonds. The highest BCUT2D eigenvalue weighted by atomic mass is 16.1. The number of aromatic nitrogens is 1. The number of nitrogens with one attached hydrogen (secondary N) is 2. The van der Waals surface area contributed by atoms with Crippen LogP contribution in [0, 0.1) is 18.8 Å². The molecule has 0 saturated heterocycles. The van der Waals surface area contributed by atoms with Gasteiger partial charge in [0, 0.05) is 24.8 Å². The first-order valence-corrected chi connectivity index (χ1v) is 4.52. The molecule has 15 heavy (non-hydrogen) atoms. The fourth-order valence-corrected chi connectivity index (χ4v) is 1.02. The van der Waals surface area contributed by atoms with E-state index in [4.69, 9.17) is 0 Å². The average Bonchev–Trinajstić information content (AvgIpc) is 2.14. The van der Waals surface area contributed by atoms with Crippen LogP contribution in [0.1, 0.15) is 18.1 Å². The molecule has 0 spiro atoms. The molecule has 1 rings (SSSR count). The van der Waals surface area contributed by atoms with E-state index in [1.165, 1.54) is 13.0 Å². The van der Waals surface area contributed by atoms with Gasteiger partial charge in [-0.1, -0.05) is 11.8 Å². The topological polar surface area (TPSA) is 62.0 Å². The van der Waals surface area contributed by atoms with Gasteiger partial charge in [-0.15, -0.1) is 0 Å². The molecule has 1 aromatic heterocycles. The highest BCUT2D eigenvalue weighted by molar-refractivity contribution is 5.73. The third-order valence-corrected chi connectivity index (χ3v) is 1.78. The lowest BCUT2D eigenvalue weighted by atomic mass is 10.2. The van der Waals surface area contributed by atoms with E-state index in [0.717, 1.165) is 11.1 Å². The fraction of sp³-hybridized carbons (Fsp3) is 0.273. The number of H-pyrrole nitrogens is 1. The first kappa shape index (κ1) is 11.1. The van der Waals surface area contributed by atoms with E-state index in [2.05, 4.69) is 22.1 Å². The van der Waals surface area contributed by atoms with Crippen molar-refractivity contribution < 1.29 is 4.79 Å². The minimum atomic E-state index is -0.139. The lowest BCUT2D eigenvalue weighted by Crippen LogP contribution is -2.19. The van der Waals surface area contributed by atoms with Crippen molar-refractivity contribution in [2.24, 2.45) is 0 Å². The summed E-state index contributed by atoms with van der Waals surface area (Å²) in [4.78, 5) is 24.0. The number of aromatic amines is 1. The van der Waals surface area contributed by atoms with Gasteiger partial charge in [0.25, 0.3) is 0 Å². The second-order valence-corrected chi connectivity index (χ2v) is 3.11. The largest absolute Gasteiger partial charge is 0.345 e. The lowest BCUT2D eigenvalue weighted by Gasteiger charge is -1.95. The molecule has 0 aliphatic carbocycles. The molecule has 4 heteroatoms. The van der Waals surface area contributed by atoms with Gasteiger partial charge >= 0.3 is 0 Å². The Morgan fingerprint density at radius 2 is 2.33 bits per heavy atom. The maximum atomic E-state index is 10.9. The molecule has 0 saturated carbocycles. The van der Waals surface area contributed by atoms with Crippen LogP contribution in [0.4, 0.5) is 0 Å². The zero-order valence-corrected chi connectivity index (χ0v) is 8.68. The van der Waals surface area contributed by atoms with Crippen LogP contribution in [-0.4, -0.2) is 17.4 Å². The molecule has 0 aromatic carbocycles. The van der Waals surface area contributed by atoms with Crippen LogP contribution < -0.4 is 10.9 Å². The molecule has 2 N–H and O–H groups in total. The molecule has 0 aliphatic heterocycles. The summed E-state index contributed by atoms with van der Waals surface area (Å²) in [5, 5.41) is 2.56. The summed E-state index contributed by atoms with van der Waals surface area (Å²) in [7, 11) is 0. The molecule has 78 valence electrons. The number of carbonyl (C=O) groups excluding carboxylic acids is 1. The number of hydrogen-bond donors (Lipinski definition) is 2. The van der Waals surface area contributed by atoms with Crippen LogP contribution >= 0.6 is 0 Å². The number of hydrogen-bond acceptors (Lipinski definition) is 2. The van der Waals surface area contributed by atoms with E-state index in [0.29, 0.717) is 6.54 Å². The van der Waals surface area contributed by atoms with E-state index < -0.39 is 0 Å². The molecule has 0 unspecified atom stereocenters. The Kier molecular flexibility index (Phi) is 3.69. The Bertz CT molecular complexity index is 477. The van der Waals surface area contributed by atoms with E-state index in [1.807, 2.05) is 6.92 Å². The first-order chi connectivity index (χ1) is 7.09. The van der Waals surface area contributed by atoms with Crippen molar-refractivity contribution >= 4 is 5.91 Å². The normalized spacial score (nSPS) is 8.93. The maximum Gasteiger partial charge on any atom is 0.248 e. The van der Waals surface area contributed by atoms with Crippen LogP contribution in [0.15, 0.2) is 17.1 Å². The Labute approximate surface area is 87.7 Å². The minimum absolute atomic E-state index is 0.109. The average molecular weight is 204 g/mol. The quantitative estimate of drug-likeness (QED) is 0.640. The summed E-state index contributed by atoms with van der Waals surface area (Å²) in [6.07, 6.45) is 1.57. The van der Waals surface area contributed by atoms with Crippen molar-refractivity contribution in [2.75, 3.05) is 6.54 Å². The van der Waals surface area contributed by atoms with Crippen molar-refractivity contribution in [2.45, 2.75) is 13.8 Å². The standard InChI is InChI=1S/C11H12N2O2/c1-8-6-11(15)13-7-10(8)4-3-5-12-9(2)14/h6-7H,5H2,1-2H3,(H,12,14)(H,13,15). The van der Waals surface area contributed by atoms with Crippen molar-refractivity contribution in [3.05, 3.63) is 33.7 Å². The molecule has 4 nitrogen and oxygen atoms in total. The molecular formula is C11H12N2O2. The summed E-state index contributed by atoms with van der Waals surface area (Å²) in [6, 6.07) is 1.49. The molecular weight excluding hydrogens is 192 g/mol. The fourth-order valence-electron chi connectivity index (χ4n) is 1.02. The number of amides is 1. The number of carbonyl (C=O) groups is 1. The maximum absolute atomic E-state index is 10.9. The van der Waals surface area contributed by atoms with E-state index >= 15 is 0 Å². The third kappa shape index (κ3) is 3.69. The zero-order valence-electron chi connectivity index (χ0n) is 8.68. The van der Waals surface area contributed by atoms with Crippen molar-refractivity contribution in [3.63, 3.8) is 0 Å². The molecule has 0 radical (unpaired) electrons. The third-order valence-electron chi connectivity index (χ3n) is 1.78. The predicted molar refractivity (Wildman–Crippen MR) is 57.4 cm³/mol. The van der Waals surface area contributed by atoms with Gasteiger partial charge in [0.1, 0.15) is 0 Å². The Morgan fingerprint density at radius 3 is 2.93 bits per heavy atom. The Hall–Kier alpha value is -2.02. The SMILES string of the molecule is CC(=O)NCC#Cc1c[nH]c(=O)cc1C. The molecule has 0 atom stereocenters. The molecule has 1 heterocycles. The van der Waals surface area contributed by atoms with E-state index in [-0.39, 0.29) is 11.5 Å². The molecule has 1 aromatic rings. The van der Waals surface area contributed by atoms with Gasteiger partial charge in [0.2, 0.25) is 11.5 Å². The monoisotopic (exact) mass is 204 g/mol. The highest BCUT2D eigenvalue weighted by Gasteiger charge is 1.93. The van der Waals surface area contributed by atoms with E-state index in [9.17, 15) is 9.59 Å². The summed E-state index contributed by atoms with van der Waals surface area (Å²) < 4.78 is 0. The van der Waals surface area contributed by atoms with Crippen LogP contribution in [0.3, 0.4) is 0 Å². The van der Waals surface area contributed by atoms with Crippen LogP contribution in [0.5, 0.6) is 0 Å². The minimum Gasteiger partial charge on any atom is -0.345 e. The van der Waals surface area contributed by atoms with E-state index in [1.54, 1.807) is 6.20 Å². The molecule has 0 bridgehead atoms. The Morgan fingerprint density at radius 1 is 1.60 bits per heavy atom. The summed E-state index contributed by atoms with van der Waals surface area (Å²) in [5.74, 6) is 5.54. The van der Waals surface area contributed by atoms with Gasteiger partial charge in [-0.25, -0.2) is 0 Å². The summed E-state index contributed by atoms with van der Waals surface area (Å²) in [6.45, 7) is 3.57. The predicted octanol–water partition coefficient (Wildman–Crippen LogP) is 0.171. The van der Waals surface area contributed by atoms with Gasteiger partial charge in [0.05, 0.1) is 6.54 Å². The van der Waals surface area contributed by atoms with Gasteiger partial charge in [-0.3, -0.25) is 9.59 Å².